The molecule has 0 unspecified atom stereocenters. The van der Waals surface area contributed by atoms with Gasteiger partial charge in [-0.25, -0.2) is 0 Å². The van der Waals surface area contributed by atoms with Crippen molar-refractivity contribution in [3.05, 3.63) is 39.4 Å². The zero-order valence-electron chi connectivity index (χ0n) is 8.94. The van der Waals surface area contributed by atoms with Crippen LogP contribution in [-0.2, 0) is 6.54 Å². The molecule has 0 aliphatic rings. The average molecular weight is 361 g/mol. The lowest BCUT2D eigenvalue weighted by molar-refractivity contribution is 0.290. The van der Waals surface area contributed by atoms with E-state index in [0.29, 0.717) is 19.0 Å². The molecule has 90 valence electrons. The summed E-state index contributed by atoms with van der Waals surface area (Å²) in [6.07, 6.45) is 1.83. The molecule has 0 spiro atoms. The van der Waals surface area contributed by atoms with Crippen molar-refractivity contribution < 1.29 is 4.74 Å². The van der Waals surface area contributed by atoms with Gasteiger partial charge in [-0.15, -0.1) is 0 Å². The van der Waals surface area contributed by atoms with E-state index in [1.165, 1.54) is 0 Å². The molecule has 0 aliphatic carbocycles. The van der Waals surface area contributed by atoms with Crippen molar-refractivity contribution in [1.29, 1.82) is 0 Å². The van der Waals surface area contributed by atoms with Gasteiger partial charge in [0.2, 0.25) is 0 Å². The van der Waals surface area contributed by atoms with Crippen molar-refractivity contribution in [3.8, 4) is 5.75 Å². The van der Waals surface area contributed by atoms with Crippen LogP contribution in [0.3, 0.4) is 0 Å². The summed E-state index contributed by atoms with van der Waals surface area (Å²) in [6.45, 7) is 1.21. The first-order valence-electron chi connectivity index (χ1n) is 5.02. The zero-order chi connectivity index (χ0) is 12.3. The Labute approximate surface area is 116 Å². The summed E-state index contributed by atoms with van der Waals surface area (Å²) < 4.78 is 9.32. The molecule has 0 fully saturated rings. The van der Waals surface area contributed by atoms with Crippen LogP contribution in [0.4, 0.5) is 5.82 Å². The molecule has 0 atom stereocenters. The van der Waals surface area contributed by atoms with Crippen molar-refractivity contribution in [3.63, 3.8) is 0 Å². The van der Waals surface area contributed by atoms with Gasteiger partial charge in [0, 0.05) is 10.7 Å². The second kappa shape index (κ2) is 5.55. The first-order chi connectivity index (χ1) is 8.15. The number of nitrogens with zero attached hydrogens (tertiary/aromatic N) is 2. The molecule has 0 saturated heterocycles. The second-order valence-corrected chi connectivity index (χ2v) is 5.20. The van der Waals surface area contributed by atoms with Crippen LogP contribution < -0.4 is 10.5 Å². The zero-order valence-corrected chi connectivity index (χ0v) is 12.1. The molecule has 4 nitrogen and oxygen atoms in total. The number of anilines is 1. The molecule has 0 bridgehead atoms. The van der Waals surface area contributed by atoms with Crippen molar-refractivity contribution in [1.82, 2.24) is 9.78 Å². The minimum absolute atomic E-state index is 0.523. The summed E-state index contributed by atoms with van der Waals surface area (Å²) in [4.78, 5) is 0. The van der Waals surface area contributed by atoms with Gasteiger partial charge in [0.05, 0.1) is 11.0 Å². The quantitative estimate of drug-likeness (QED) is 0.911. The molecule has 17 heavy (non-hydrogen) atoms. The lowest BCUT2D eigenvalue weighted by atomic mass is 10.3. The Morgan fingerprint density at radius 1 is 1.29 bits per heavy atom. The van der Waals surface area contributed by atoms with E-state index >= 15 is 0 Å². The van der Waals surface area contributed by atoms with Crippen molar-refractivity contribution in [2.75, 3.05) is 12.3 Å². The fourth-order valence-electron chi connectivity index (χ4n) is 1.34. The summed E-state index contributed by atoms with van der Waals surface area (Å²) in [5.41, 5.74) is 5.52. The largest absolute Gasteiger partial charge is 0.490 e. The molecule has 2 rings (SSSR count). The molecule has 1 heterocycles. The molecule has 1 aromatic heterocycles. The van der Waals surface area contributed by atoms with Crippen LogP contribution in [0.25, 0.3) is 0 Å². The molecule has 0 radical (unpaired) electrons. The third kappa shape index (κ3) is 3.47. The van der Waals surface area contributed by atoms with E-state index in [9.17, 15) is 0 Å². The standard InChI is InChI=1S/C11H11Br2N3O/c12-8-1-2-10(9(13)7-8)17-6-5-16-4-3-11(14)15-16/h1-4,7H,5-6H2,(H2,14,15). The maximum absolute atomic E-state index is 5.64. The maximum Gasteiger partial charge on any atom is 0.145 e. The monoisotopic (exact) mass is 359 g/mol. The van der Waals surface area contributed by atoms with Gasteiger partial charge >= 0.3 is 0 Å². The average Bonchev–Trinajstić information content (AvgIpc) is 2.68. The van der Waals surface area contributed by atoms with Crippen molar-refractivity contribution in [2.45, 2.75) is 6.54 Å². The highest BCUT2D eigenvalue weighted by molar-refractivity contribution is 9.11. The number of nitrogen functional groups attached to an aromatic ring is 1. The van der Waals surface area contributed by atoms with E-state index in [1.807, 2.05) is 24.4 Å². The minimum Gasteiger partial charge on any atom is -0.490 e. The lowest BCUT2D eigenvalue weighted by Gasteiger charge is -2.08. The fraction of sp³-hybridized carbons (Fsp3) is 0.182. The number of hydrogen-bond acceptors (Lipinski definition) is 3. The highest BCUT2D eigenvalue weighted by atomic mass is 79.9. The minimum atomic E-state index is 0.523. The van der Waals surface area contributed by atoms with Gasteiger partial charge in [0.1, 0.15) is 18.2 Å². The van der Waals surface area contributed by atoms with E-state index in [1.54, 1.807) is 10.7 Å². The van der Waals surface area contributed by atoms with E-state index in [-0.39, 0.29) is 0 Å². The van der Waals surface area contributed by atoms with Gasteiger partial charge in [0.15, 0.2) is 0 Å². The van der Waals surface area contributed by atoms with Crippen LogP contribution in [0.15, 0.2) is 39.4 Å². The fourth-order valence-corrected chi connectivity index (χ4v) is 2.50. The highest BCUT2D eigenvalue weighted by Gasteiger charge is 2.02. The second-order valence-electron chi connectivity index (χ2n) is 3.43. The molecule has 0 aliphatic heterocycles. The van der Waals surface area contributed by atoms with Crippen molar-refractivity contribution >= 4 is 37.7 Å². The highest BCUT2D eigenvalue weighted by Crippen LogP contribution is 2.28. The van der Waals surface area contributed by atoms with Gasteiger partial charge < -0.3 is 10.5 Å². The molecule has 2 N–H and O–H groups in total. The number of aromatic nitrogens is 2. The SMILES string of the molecule is Nc1ccn(CCOc2ccc(Br)cc2Br)n1. The van der Waals surface area contributed by atoms with Gasteiger partial charge in [-0.05, 0) is 40.2 Å². The van der Waals surface area contributed by atoms with Crippen LogP contribution >= 0.6 is 31.9 Å². The maximum atomic E-state index is 5.64. The summed E-state index contributed by atoms with van der Waals surface area (Å²) >= 11 is 6.83. The summed E-state index contributed by atoms with van der Waals surface area (Å²) in [7, 11) is 0. The number of hydrogen-bond donors (Lipinski definition) is 1. The normalized spacial score (nSPS) is 10.5. The third-order valence-corrected chi connectivity index (χ3v) is 3.25. The van der Waals surface area contributed by atoms with Crippen LogP contribution in [-0.4, -0.2) is 16.4 Å². The molecular weight excluding hydrogens is 350 g/mol. The lowest BCUT2D eigenvalue weighted by Crippen LogP contribution is -2.09. The van der Waals surface area contributed by atoms with Gasteiger partial charge in [0.25, 0.3) is 0 Å². The number of benzene rings is 1. The Hall–Kier alpha value is -1.01. The number of ether oxygens (including phenoxy) is 1. The van der Waals surface area contributed by atoms with Crippen molar-refractivity contribution in [2.24, 2.45) is 0 Å². The Morgan fingerprint density at radius 2 is 2.12 bits per heavy atom. The topological polar surface area (TPSA) is 53.1 Å². The predicted octanol–water partition coefficient (Wildman–Crippen LogP) is 3.07. The molecule has 0 amide bonds. The van der Waals surface area contributed by atoms with Crippen LogP contribution in [0.1, 0.15) is 0 Å². The van der Waals surface area contributed by atoms with Crippen LogP contribution in [0.5, 0.6) is 5.75 Å². The van der Waals surface area contributed by atoms with Crippen LogP contribution in [0, 0.1) is 0 Å². The number of halogens is 2. The first-order valence-corrected chi connectivity index (χ1v) is 6.60. The predicted molar refractivity (Wildman–Crippen MR) is 74.0 cm³/mol. The molecule has 6 heteroatoms. The molecule has 1 aromatic carbocycles. The van der Waals surface area contributed by atoms with Gasteiger partial charge in [-0.3, -0.25) is 4.68 Å². The Bertz CT molecular complexity index is 513. The Balaban J connectivity index is 1.90. The summed E-state index contributed by atoms with van der Waals surface area (Å²) in [6, 6.07) is 7.55. The summed E-state index contributed by atoms with van der Waals surface area (Å²) in [5.74, 6) is 1.34. The Kier molecular flexibility index (Phi) is 4.06. The molecule has 2 aromatic rings. The van der Waals surface area contributed by atoms with Crippen LogP contribution in [0.2, 0.25) is 0 Å². The molecular formula is C11H11Br2N3O. The number of nitrogens with two attached hydrogens (primary N) is 1. The first kappa shape index (κ1) is 12.4. The van der Waals surface area contributed by atoms with E-state index in [0.717, 1.165) is 14.7 Å². The van der Waals surface area contributed by atoms with E-state index in [2.05, 4.69) is 37.0 Å². The Morgan fingerprint density at radius 3 is 2.76 bits per heavy atom. The number of rotatable bonds is 4. The molecule has 0 saturated carbocycles. The van der Waals surface area contributed by atoms with E-state index < -0.39 is 0 Å². The third-order valence-electron chi connectivity index (χ3n) is 2.13. The van der Waals surface area contributed by atoms with Gasteiger partial charge in [-0.1, -0.05) is 15.9 Å². The summed E-state index contributed by atoms with van der Waals surface area (Å²) in [5, 5.41) is 4.07. The van der Waals surface area contributed by atoms with E-state index in [4.69, 9.17) is 10.5 Å². The smallest absolute Gasteiger partial charge is 0.145 e. The van der Waals surface area contributed by atoms with Gasteiger partial charge in [-0.2, -0.15) is 5.10 Å².